The molecule has 15 heavy (non-hydrogen) atoms. The molecule has 79 valence electrons. The van der Waals surface area contributed by atoms with Gasteiger partial charge in [-0.3, -0.25) is 0 Å². The normalized spacial score (nSPS) is 8.40. The van der Waals surface area contributed by atoms with Gasteiger partial charge in [-0.05, 0) is 6.07 Å². The maximum atomic E-state index is 5.29. The fraction of sp³-hybridized carbons (Fsp3) is 0.182. The summed E-state index contributed by atoms with van der Waals surface area (Å²) in [5.41, 5.74) is 3.82. The van der Waals surface area contributed by atoms with Crippen molar-refractivity contribution >= 4 is 0 Å². The minimum Gasteiger partial charge on any atom is -1.00 e. The molecule has 1 nitrogen and oxygen atoms in total. The van der Waals surface area contributed by atoms with Crippen LogP contribution in [0.4, 0.5) is 0 Å². The number of furan rings is 1. The molecule has 1 heterocycles. The first kappa shape index (κ1) is 17.5. The monoisotopic (exact) mass is 319 g/mol. The van der Waals surface area contributed by atoms with E-state index < -0.39 is 0 Å². The van der Waals surface area contributed by atoms with Gasteiger partial charge in [-0.2, -0.15) is 11.6 Å². The second-order valence-corrected chi connectivity index (χ2v) is 3.09. The first-order valence-electron chi connectivity index (χ1n) is 4.05. The van der Waals surface area contributed by atoms with Crippen molar-refractivity contribution in [1.29, 1.82) is 0 Å². The third-order valence-electron chi connectivity index (χ3n) is 2.17. The van der Waals surface area contributed by atoms with Crippen LogP contribution in [-0.4, -0.2) is 0 Å². The standard InChI is InChI=1S/C11H11O.2ClH.Zr/c1-8-6-10(7-9(8)2)11-4-3-5-12-11;;;/h3-7H,1-2H3;2*1H;/q-1;;;+3/p-2. The van der Waals surface area contributed by atoms with Crippen LogP contribution in [0.25, 0.3) is 11.3 Å². The van der Waals surface area contributed by atoms with Gasteiger partial charge in [0.1, 0.15) is 0 Å². The van der Waals surface area contributed by atoms with Gasteiger partial charge in [0.25, 0.3) is 0 Å². The van der Waals surface area contributed by atoms with Crippen LogP contribution < -0.4 is 24.8 Å². The predicted octanol–water partition coefficient (Wildman–Crippen LogP) is -2.71. The first-order chi connectivity index (χ1) is 5.77. The zero-order valence-corrected chi connectivity index (χ0v) is 12.5. The van der Waals surface area contributed by atoms with Gasteiger partial charge in [-0.1, -0.05) is 19.9 Å². The van der Waals surface area contributed by atoms with E-state index in [-0.39, 0.29) is 51.0 Å². The Bertz CT molecular complexity index is 360. The van der Waals surface area contributed by atoms with Crippen molar-refractivity contribution < 1.29 is 55.4 Å². The van der Waals surface area contributed by atoms with Gasteiger partial charge in [0, 0.05) is 5.76 Å². The van der Waals surface area contributed by atoms with Crippen LogP contribution in [-0.2, 0) is 26.2 Å². The summed E-state index contributed by atoms with van der Waals surface area (Å²) in [4.78, 5) is 0. The van der Waals surface area contributed by atoms with Crippen LogP contribution in [0, 0.1) is 13.8 Å². The molecule has 0 spiro atoms. The Labute approximate surface area is 122 Å². The Kier molecular flexibility index (Phi) is 8.60. The minimum absolute atomic E-state index is 0. The Hall–Kier alpha value is 0.0931. The van der Waals surface area contributed by atoms with Gasteiger partial charge in [-0.15, -0.1) is 17.2 Å². The van der Waals surface area contributed by atoms with Crippen LogP contribution in [0.3, 0.4) is 0 Å². The van der Waals surface area contributed by atoms with E-state index in [2.05, 4.69) is 26.0 Å². The van der Waals surface area contributed by atoms with E-state index in [1.165, 1.54) is 16.7 Å². The summed E-state index contributed by atoms with van der Waals surface area (Å²) >= 11 is 0. The zero-order chi connectivity index (χ0) is 8.55. The summed E-state index contributed by atoms with van der Waals surface area (Å²) in [6.45, 7) is 4.23. The van der Waals surface area contributed by atoms with Crippen LogP contribution in [0.15, 0.2) is 34.9 Å². The fourth-order valence-corrected chi connectivity index (χ4v) is 1.32. The molecule has 0 saturated carbocycles. The van der Waals surface area contributed by atoms with Crippen LogP contribution in [0.5, 0.6) is 0 Å². The maximum absolute atomic E-state index is 5.29. The van der Waals surface area contributed by atoms with Crippen molar-refractivity contribution in [2.24, 2.45) is 0 Å². The fourth-order valence-electron chi connectivity index (χ4n) is 1.32. The van der Waals surface area contributed by atoms with Crippen molar-refractivity contribution in [2.75, 3.05) is 0 Å². The third-order valence-corrected chi connectivity index (χ3v) is 2.17. The summed E-state index contributed by atoms with van der Waals surface area (Å²) in [5.74, 6) is 0.950. The summed E-state index contributed by atoms with van der Waals surface area (Å²) in [7, 11) is 0. The molecular formula is C11H11Cl2OZr. The summed E-state index contributed by atoms with van der Waals surface area (Å²) < 4.78 is 5.29. The summed E-state index contributed by atoms with van der Waals surface area (Å²) in [6, 6.07) is 8.18. The molecule has 0 saturated heterocycles. The molecule has 4 heteroatoms. The van der Waals surface area contributed by atoms with Crippen LogP contribution >= 0.6 is 0 Å². The molecule has 1 radical (unpaired) electrons. The zero-order valence-electron chi connectivity index (χ0n) is 8.55. The Balaban J connectivity index is 0. The molecule has 2 aromatic rings. The molecule has 0 atom stereocenters. The van der Waals surface area contributed by atoms with E-state index in [0.717, 1.165) is 5.76 Å². The average molecular weight is 321 g/mol. The maximum Gasteiger partial charge on any atom is 3.00 e. The van der Waals surface area contributed by atoms with Crippen molar-refractivity contribution in [3.63, 3.8) is 0 Å². The second-order valence-electron chi connectivity index (χ2n) is 3.09. The van der Waals surface area contributed by atoms with E-state index >= 15 is 0 Å². The molecule has 0 amide bonds. The van der Waals surface area contributed by atoms with Gasteiger partial charge < -0.3 is 29.2 Å². The van der Waals surface area contributed by atoms with Crippen molar-refractivity contribution in [3.8, 4) is 11.3 Å². The van der Waals surface area contributed by atoms with Crippen molar-refractivity contribution in [1.82, 2.24) is 0 Å². The van der Waals surface area contributed by atoms with Gasteiger partial charge in [0.2, 0.25) is 0 Å². The summed E-state index contributed by atoms with van der Waals surface area (Å²) in [5, 5.41) is 0. The smallest absolute Gasteiger partial charge is 1.00 e. The van der Waals surface area contributed by atoms with E-state index in [0.29, 0.717) is 0 Å². The predicted molar refractivity (Wildman–Crippen MR) is 49.2 cm³/mol. The number of rotatable bonds is 1. The van der Waals surface area contributed by atoms with Crippen molar-refractivity contribution in [3.05, 3.63) is 41.7 Å². The summed E-state index contributed by atoms with van der Waals surface area (Å²) in [6.07, 6.45) is 1.70. The quantitative estimate of drug-likeness (QED) is 0.521. The average Bonchev–Trinajstić information content (AvgIpc) is 2.61. The van der Waals surface area contributed by atoms with Gasteiger partial charge in [0.05, 0.1) is 6.26 Å². The Morgan fingerprint density at radius 2 is 1.87 bits per heavy atom. The van der Waals surface area contributed by atoms with Crippen LogP contribution in [0.1, 0.15) is 11.1 Å². The van der Waals surface area contributed by atoms with E-state index in [4.69, 9.17) is 4.42 Å². The van der Waals surface area contributed by atoms with Crippen molar-refractivity contribution in [2.45, 2.75) is 13.8 Å². The van der Waals surface area contributed by atoms with Gasteiger partial charge >= 0.3 is 26.2 Å². The Morgan fingerprint density at radius 3 is 2.27 bits per heavy atom. The van der Waals surface area contributed by atoms with E-state index in [1.807, 2.05) is 12.1 Å². The van der Waals surface area contributed by atoms with Crippen LogP contribution in [0.2, 0.25) is 0 Å². The molecule has 0 aliphatic heterocycles. The molecule has 0 aliphatic carbocycles. The molecule has 0 aliphatic rings. The molecule has 1 aromatic carbocycles. The molecule has 0 unspecified atom stereocenters. The number of hydrogen-bond acceptors (Lipinski definition) is 1. The molecule has 1 aromatic heterocycles. The third kappa shape index (κ3) is 3.86. The first-order valence-corrected chi connectivity index (χ1v) is 4.05. The SMILES string of the molecule is Cc1cc(-c2ccco2)[cH-]c1C.[Cl-].[Cl-].[Zr+3]. The molecule has 2 rings (SSSR count). The largest absolute Gasteiger partial charge is 3.00 e. The van der Waals surface area contributed by atoms with E-state index in [9.17, 15) is 0 Å². The van der Waals surface area contributed by atoms with Gasteiger partial charge in [0.15, 0.2) is 0 Å². The number of halogens is 2. The van der Waals surface area contributed by atoms with Gasteiger partial charge in [-0.25, -0.2) is 0 Å². The number of aryl methyl sites for hydroxylation is 2. The van der Waals surface area contributed by atoms with E-state index in [1.54, 1.807) is 6.26 Å². The molecule has 0 fully saturated rings. The number of hydrogen-bond donors (Lipinski definition) is 0. The molecule has 0 bridgehead atoms. The molecular weight excluding hydrogens is 310 g/mol. The second kappa shape index (κ2) is 7.38. The molecule has 0 N–H and O–H groups in total. The topological polar surface area (TPSA) is 13.1 Å². The Morgan fingerprint density at radius 1 is 1.20 bits per heavy atom. The minimum atomic E-state index is 0.